The Balaban J connectivity index is 2.77. The van der Waals surface area contributed by atoms with Crippen molar-refractivity contribution in [2.45, 2.75) is 37.5 Å². The predicted molar refractivity (Wildman–Crippen MR) is 82.5 cm³/mol. The van der Waals surface area contributed by atoms with E-state index in [9.17, 15) is 13.2 Å². The van der Waals surface area contributed by atoms with Gasteiger partial charge in [0.2, 0.25) is 0 Å². The highest BCUT2D eigenvalue weighted by molar-refractivity contribution is 8.13. The number of halogens is 1. The van der Waals surface area contributed by atoms with Crippen LogP contribution in [0.2, 0.25) is 0 Å². The maximum atomic E-state index is 12.0. The smallest absolute Gasteiger partial charge is 0.265 e. The fourth-order valence-corrected chi connectivity index (χ4v) is 2.89. The lowest BCUT2D eigenvalue weighted by Gasteiger charge is -2.09. The van der Waals surface area contributed by atoms with Gasteiger partial charge in [-0.15, -0.1) is 0 Å². The van der Waals surface area contributed by atoms with Crippen molar-refractivity contribution < 1.29 is 17.9 Å². The van der Waals surface area contributed by atoms with E-state index in [-0.39, 0.29) is 22.1 Å². The maximum absolute atomic E-state index is 12.0. The molecule has 21 heavy (non-hydrogen) atoms. The lowest BCUT2D eigenvalue weighted by Crippen LogP contribution is -2.24. The summed E-state index contributed by atoms with van der Waals surface area (Å²) in [6.45, 7) is 2.68. The second kappa shape index (κ2) is 8.24. The number of ether oxygens (including phenoxy) is 1. The van der Waals surface area contributed by atoms with Crippen LogP contribution in [0, 0.1) is 0 Å². The van der Waals surface area contributed by atoms with Crippen molar-refractivity contribution in [2.24, 2.45) is 0 Å². The zero-order valence-corrected chi connectivity index (χ0v) is 13.8. The Morgan fingerprint density at radius 2 is 2.00 bits per heavy atom. The van der Waals surface area contributed by atoms with Crippen LogP contribution in [0.1, 0.15) is 43.0 Å². The van der Waals surface area contributed by atoms with Crippen molar-refractivity contribution in [3.05, 3.63) is 23.8 Å². The van der Waals surface area contributed by atoms with E-state index in [4.69, 9.17) is 15.4 Å². The largest absolute Gasteiger partial charge is 0.495 e. The van der Waals surface area contributed by atoms with Crippen molar-refractivity contribution in [1.82, 2.24) is 5.32 Å². The number of hydrogen-bond donors (Lipinski definition) is 1. The monoisotopic (exact) mass is 333 g/mol. The molecule has 0 radical (unpaired) electrons. The third-order valence-corrected chi connectivity index (χ3v) is 4.35. The summed E-state index contributed by atoms with van der Waals surface area (Å²) in [5, 5.41) is 2.76. The Morgan fingerprint density at radius 3 is 2.57 bits per heavy atom. The van der Waals surface area contributed by atoms with Crippen LogP contribution >= 0.6 is 10.7 Å². The number of hydrogen-bond acceptors (Lipinski definition) is 4. The van der Waals surface area contributed by atoms with Gasteiger partial charge in [-0.1, -0.05) is 26.2 Å². The van der Waals surface area contributed by atoms with Crippen molar-refractivity contribution in [1.29, 1.82) is 0 Å². The molecule has 118 valence electrons. The van der Waals surface area contributed by atoms with Gasteiger partial charge in [-0.2, -0.15) is 0 Å². The van der Waals surface area contributed by atoms with Gasteiger partial charge in [-0.05, 0) is 24.6 Å². The van der Waals surface area contributed by atoms with E-state index in [1.807, 2.05) is 0 Å². The normalized spacial score (nSPS) is 11.2. The summed E-state index contributed by atoms with van der Waals surface area (Å²) in [6.07, 6.45) is 4.22. The number of amides is 1. The van der Waals surface area contributed by atoms with Crippen LogP contribution in [-0.2, 0) is 9.05 Å². The van der Waals surface area contributed by atoms with E-state index in [0.717, 1.165) is 25.7 Å². The lowest BCUT2D eigenvalue weighted by atomic mass is 10.2. The van der Waals surface area contributed by atoms with Crippen molar-refractivity contribution >= 4 is 25.6 Å². The fraction of sp³-hybridized carbons (Fsp3) is 0.500. The molecule has 0 unspecified atom stereocenters. The second-order valence-electron chi connectivity index (χ2n) is 4.62. The summed E-state index contributed by atoms with van der Waals surface area (Å²) in [5.41, 5.74) is 0.241. The van der Waals surface area contributed by atoms with Crippen LogP contribution in [0.3, 0.4) is 0 Å². The fourth-order valence-electron chi connectivity index (χ4n) is 1.86. The maximum Gasteiger partial charge on any atom is 0.265 e. The van der Waals surface area contributed by atoms with Gasteiger partial charge in [0.25, 0.3) is 15.0 Å². The van der Waals surface area contributed by atoms with Gasteiger partial charge in [0.05, 0.1) is 7.11 Å². The minimum Gasteiger partial charge on any atom is -0.495 e. The summed E-state index contributed by atoms with van der Waals surface area (Å²) in [6, 6.07) is 4.15. The number of methoxy groups -OCH3 is 1. The molecule has 0 saturated carbocycles. The van der Waals surface area contributed by atoms with Crippen molar-refractivity contribution in [3.8, 4) is 5.75 Å². The first kappa shape index (κ1) is 17.8. The highest BCUT2D eigenvalue weighted by Crippen LogP contribution is 2.27. The van der Waals surface area contributed by atoms with E-state index in [0.29, 0.717) is 6.54 Å². The molecule has 1 aromatic rings. The molecule has 5 nitrogen and oxygen atoms in total. The zero-order valence-electron chi connectivity index (χ0n) is 12.2. The summed E-state index contributed by atoms with van der Waals surface area (Å²) >= 11 is 0. The van der Waals surface area contributed by atoms with E-state index < -0.39 is 9.05 Å². The third-order valence-electron chi connectivity index (χ3n) is 3.00. The average Bonchev–Trinajstić information content (AvgIpc) is 2.45. The first-order valence-corrected chi connectivity index (χ1v) is 9.12. The van der Waals surface area contributed by atoms with Gasteiger partial charge in [-0.3, -0.25) is 4.79 Å². The first-order chi connectivity index (χ1) is 9.90. The molecule has 7 heteroatoms. The van der Waals surface area contributed by atoms with E-state index in [2.05, 4.69) is 12.2 Å². The lowest BCUT2D eigenvalue weighted by molar-refractivity contribution is 0.0952. The van der Waals surface area contributed by atoms with Gasteiger partial charge >= 0.3 is 0 Å². The van der Waals surface area contributed by atoms with E-state index in [1.54, 1.807) is 0 Å². The van der Waals surface area contributed by atoms with Crippen LogP contribution < -0.4 is 10.1 Å². The minimum absolute atomic E-state index is 0.115. The van der Waals surface area contributed by atoms with Crippen LogP contribution in [0.5, 0.6) is 5.75 Å². The summed E-state index contributed by atoms with van der Waals surface area (Å²) in [4.78, 5) is 11.8. The summed E-state index contributed by atoms with van der Waals surface area (Å²) in [7, 11) is 2.72. The number of benzene rings is 1. The Kier molecular flexibility index (Phi) is 6.98. The number of unbranched alkanes of at least 4 members (excludes halogenated alkanes) is 3. The van der Waals surface area contributed by atoms with Crippen molar-refractivity contribution in [2.75, 3.05) is 13.7 Å². The third kappa shape index (κ3) is 5.55. The SMILES string of the molecule is CCCCCCNC(=O)c1ccc(OC)c(S(=O)(=O)Cl)c1. The molecule has 1 rings (SSSR count). The van der Waals surface area contributed by atoms with Crippen LogP contribution in [0.4, 0.5) is 0 Å². The summed E-state index contributed by atoms with van der Waals surface area (Å²) < 4.78 is 27.9. The zero-order chi connectivity index (χ0) is 15.9. The Morgan fingerprint density at radius 1 is 1.29 bits per heavy atom. The topological polar surface area (TPSA) is 72.5 Å². The highest BCUT2D eigenvalue weighted by atomic mass is 35.7. The molecule has 0 saturated heterocycles. The molecular formula is C14H20ClNO4S. The average molecular weight is 334 g/mol. The predicted octanol–water partition coefficient (Wildman–Crippen LogP) is 2.93. The number of nitrogens with one attached hydrogen (secondary N) is 1. The molecule has 0 atom stereocenters. The molecule has 0 aliphatic carbocycles. The van der Waals surface area contributed by atoms with Crippen LogP contribution in [0.25, 0.3) is 0 Å². The highest BCUT2D eigenvalue weighted by Gasteiger charge is 2.19. The molecule has 0 aromatic heterocycles. The molecule has 0 heterocycles. The number of carbonyl (C=O) groups is 1. The van der Waals surface area contributed by atoms with Crippen LogP contribution in [0.15, 0.2) is 23.1 Å². The number of carbonyl (C=O) groups excluding carboxylic acids is 1. The molecule has 1 amide bonds. The Bertz CT molecular complexity index is 587. The first-order valence-electron chi connectivity index (χ1n) is 6.81. The molecule has 0 spiro atoms. The van der Waals surface area contributed by atoms with Crippen molar-refractivity contribution in [3.63, 3.8) is 0 Å². The Hall–Kier alpha value is -1.27. The van der Waals surface area contributed by atoms with Gasteiger partial charge in [0.15, 0.2) is 0 Å². The second-order valence-corrected chi connectivity index (χ2v) is 7.15. The molecule has 1 aromatic carbocycles. The Labute approximate surface area is 130 Å². The molecule has 0 aliphatic rings. The van der Waals surface area contributed by atoms with E-state index >= 15 is 0 Å². The van der Waals surface area contributed by atoms with Gasteiger partial charge in [-0.25, -0.2) is 8.42 Å². The number of rotatable bonds is 8. The molecule has 0 fully saturated rings. The quantitative estimate of drug-likeness (QED) is 0.586. The molecule has 0 bridgehead atoms. The standard InChI is InChI=1S/C14H20ClNO4S/c1-3-4-5-6-9-16-14(17)11-7-8-12(20-2)13(10-11)21(15,18)19/h7-8,10H,3-6,9H2,1-2H3,(H,16,17). The molecule has 0 aliphatic heterocycles. The van der Waals surface area contributed by atoms with Gasteiger partial charge in [0.1, 0.15) is 10.6 Å². The minimum atomic E-state index is -3.97. The van der Waals surface area contributed by atoms with Gasteiger partial charge in [0, 0.05) is 22.8 Å². The van der Waals surface area contributed by atoms with Crippen LogP contribution in [-0.4, -0.2) is 28.0 Å². The van der Waals surface area contributed by atoms with E-state index in [1.165, 1.54) is 25.3 Å². The molecule has 1 N–H and O–H groups in total. The molecular weight excluding hydrogens is 314 g/mol. The summed E-state index contributed by atoms with van der Waals surface area (Å²) in [5.74, 6) is -0.208. The van der Waals surface area contributed by atoms with Gasteiger partial charge < -0.3 is 10.1 Å².